The maximum atomic E-state index is 4.71. The predicted molar refractivity (Wildman–Crippen MR) is 170 cm³/mol. The third-order valence-electron chi connectivity index (χ3n) is 7.83. The van der Waals surface area contributed by atoms with E-state index in [1.54, 1.807) is 12.4 Å². The highest BCUT2D eigenvalue weighted by Crippen LogP contribution is 2.44. The molecule has 5 aromatic carbocycles. The van der Waals surface area contributed by atoms with Crippen LogP contribution in [0.15, 0.2) is 140 Å². The Morgan fingerprint density at radius 3 is 1.52 bits per heavy atom. The minimum absolute atomic E-state index is 0.642. The van der Waals surface area contributed by atoms with Gasteiger partial charge in [-0.3, -0.25) is 9.97 Å². The lowest BCUT2D eigenvalue weighted by molar-refractivity contribution is 0.875. The first kappa shape index (κ1) is 24.0. The monoisotopic (exact) mass is 537 g/mol. The van der Waals surface area contributed by atoms with Crippen LogP contribution in [-0.4, -0.2) is 25.4 Å². The first-order valence-corrected chi connectivity index (χ1v) is 13.9. The van der Waals surface area contributed by atoms with Gasteiger partial charge in [-0.1, -0.05) is 103 Å². The van der Waals surface area contributed by atoms with Crippen molar-refractivity contribution in [1.82, 2.24) is 25.4 Å². The highest BCUT2D eigenvalue weighted by Gasteiger charge is 2.23. The molecule has 8 aromatic rings. The molecule has 0 N–H and O–H groups in total. The molecule has 8 rings (SSSR count). The molecule has 0 aliphatic heterocycles. The summed E-state index contributed by atoms with van der Waals surface area (Å²) in [4.78, 5) is 9.31. The molecule has 3 heterocycles. The molecule has 196 valence electrons. The molecule has 0 aliphatic carbocycles. The molecule has 0 spiro atoms. The standard InChI is InChI=1S/C37H23N5/c1-2-13-26-24(12-1)25-14-3-5-16-28(25)34-29(26)18-11-19-30(34)27-15-4-6-17-31(27)36-35(32-20-7-9-22-38-32)37(41-42-40-36)33-21-8-10-23-39-33/h1-23H. The normalized spacial score (nSPS) is 11.3. The molecular weight excluding hydrogens is 514 g/mol. The van der Waals surface area contributed by atoms with Crippen molar-refractivity contribution in [2.75, 3.05) is 0 Å². The first-order valence-electron chi connectivity index (χ1n) is 13.9. The Bertz CT molecular complexity index is 2200. The topological polar surface area (TPSA) is 64.5 Å². The van der Waals surface area contributed by atoms with Crippen molar-refractivity contribution in [2.24, 2.45) is 0 Å². The predicted octanol–water partition coefficient (Wildman–Crippen LogP) is 8.79. The second-order valence-electron chi connectivity index (χ2n) is 10.2. The summed E-state index contributed by atoms with van der Waals surface area (Å²) in [5.74, 6) is 0. The Morgan fingerprint density at radius 2 is 0.857 bits per heavy atom. The molecule has 0 unspecified atom stereocenters. The van der Waals surface area contributed by atoms with Gasteiger partial charge in [0.2, 0.25) is 0 Å². The number of hydrogen-bond donors (Lipinski definition) is 0. The summed E-state index contributed by atoms with van der Waals surface area (Å²) in [6.45, 7) is 0. The average Bonchev–Trinajstić information content (AvgIpc) is 3.08. The summed E-state index contributed by atoms with van der Waals surface area (Å²) in [7, 11) is 0. The van der Waals surface area contributed by atoms with Crippen LogP contribution >= 0.6 is 0 Å². The number of aromatic nitrogens is 5. The highest BCUT2D eigenvalue weighted by atomic mass is 15.3. The molecule has 0 saturated carbocycles. The molecule has 0 bridgehead atoms. The number of rotatable bonds is 4. The van der Waals surface area contributed by atoms with E-state index >= 15 is 0 Å². The number of hydrogen-bond acceptors (Lipinski definition) is 5. The average molecular weight is 538 g/mol. The third-order valence-corrected chi connectivity index (χ3v) is 7.83. The Morgan fingerprint density at radius 1 is 0.357 bits per heavy atom. The van der Waals surface area contributed by atoms with Gasteiger partial charge >= 0.3 is 0 Å². The minimum atomic E-state index is 0.642. The van der Waals surface area contributed by atoms with E-state index < -0.39 is 0 Å². The van der Waals surface area contributed by atoms with Crippen molar-refractivity contribution in [3.63, 3.8) is 0 Å². The summed E-state index contributed by atoms with van der Waals surface area (Å²) in [5.41, 5.74) is 6.78. The molecule has 3 aromatic heterocycles. The molecule has 5 heteroatoms. The van der Waals surface area contributed by atoms with Gasteiger partial charge in [0.25, 0.3) is 0 Å². The number of pyridine rings is 2. The fourth-order valence-electron chi connectivity index (χ4n) is 6.05. The molecule has 0 radical (unpaired) electrons. The Balaban J connectivity index is 1.47. The Hall–Kier alpha value is -5.81. The van der Waals surface area contributed by atoms with E-state index in [1.165, 1.54) is 32.3 Å². The second-order valence-corrected chi connectivity index (χ2v) is 10.2. The van der Waals surface area contributed by atoms with Gasteiger partial charge in [-0.15, -0.1) is 10.2 Å². The number of nitrogens with zero attached hydrogens (tertiary/aromatic N) is 5. The summed E-state index contributed by atoms with van der Waals surface area (Å²) < 4.78 is 0. The maximum Gasteiger partial charge on any atom is 0.125 e. The van der Waals surface area contributed by atoms with Gasteiger partial charge in [-0.05, 0) is 72.9 Å². The fourth-order valence-corrected chi connectivity index (χ4v) is 6.05. The molecule has 0 fully saturated rings. The van der Waals surface area contributed by atoms with Crippen molar-refractivity contribution in [2.45, 2.75) is 0 Å². The molecule has 5 nitrogen and oxygen atoms in total. The van der Waals surface area contributed by atoms with Crippen LogP contribution in [0.5, 0.6) is 0 Å². The van der Waals surface area contributed by atoms with Crippen LogP contribution < -0.4 is 0 Å². The zero-order chi connectivity index (χ0) is 27.9. The van der Waals surface area contributed by atoms with Crippen LogP contribution in [-0.2, 0) is 0 Å². The first-order chi connectivity index (χ1) is 20.9. The SMILES string of the molecule is c1ccc(-c2nnnc(-c3ccccc3-c3cccc4c5ccccc5c5ccccc5c34)c2-c2ccccn2)nc1. The van der Waals surface area contributed by atoms with E-state index in [2.05, 4.69) is 105 Å². The molecule has 0 amide bonds. The van der Waals surface area contributed by atoms with Crippen LogP contribution in [0.4, 0.5) is 0 Å². The van der Waals surface area contributed by atoms with Gasteiger partial charge in [0.15, 0.2) is 0 Å². The number of benzene rings is 5. The second kappa shape index (κ2) is 9.98. The molecular formula is C37H23N5. The van der Waals surface area contributed by atoms with E-state index in [0.29, 0.717) is 11.4 Å². The van der Waals surface area contributed by atoms with E-state index in [-0.39, 0.29) is 0 Å². The Labute approximate surface area is 242 Å². The van der Waals surface area contributed by atoms with Crippen molar-refractivity contribution in [3.8, 4) is 45.0 Å². The van der Waals surface area contributed by atoms with E-state index in [0.717, 1.165) is 33.6 Å². The van der Waals surface area contributed by atoms with E-state index in [1.807, 2.05) is 42.5 Å². The Kier molecular flexibility index (Phi) is 5.71. The van der Waals surface area contributed by atoms with E-state index in [9.17, 15) is 0 Å². The summed E-state index contributed by atoms with van der Waals surface area (Å²) in [5, 5.41) is 20.8. The lowest BCUT2D eigenvalue weighted by atomic mass is 9.87. The van der Waals surface area contributed by atoms with Crippen LogP contribution in [0.2, 0.25) is 0 Å². The minimum Gasteiger partial charge on any atom is -0.256 e. The van der Waals surface area contributed by atoms with Crippen molar-refractivity contribution < 1.29 is 0 Å². The van der Waals surface area contributed by atoms with Gasteiger partial charge in [0.1, 0.15) is 11.4 Å². The quantitative estimate of drug-likeness (QED) is 0.210. The molecule has 0 saturated heterocycles. The molecule has 0 atom stereocenters. The van der Waals surface area contributed by atoms with Gasteiger partial charge in [0.05, 0.1) is 17.0 Å². The van der Waals surface area contributed by atoms with Crippen molar-refractivity contribution in [3.05, 3.63) is 140 Å². The largest absolute Gasteiger partial charge is 0.256 e. The lowest BCUT2D eigenvalue weighted by Crippen LogP contribution is -2.02. The van der Waals surface area contributed by atoms with Crippen LogP contribution in [0.3, 0.4) is 0 Å². The van der Waals surface area contributed by atoms with Crippen LogP contribution in [0.1, 0.15) is 0 Å². The third kappa shape index (κ3) is 3.83. The van der Waals surface area contributed by atoms with Gasteiger partial charge in [-0.25, -0.2) is 0 Å². The van der Waals surface area contributed by atoms with Crippen molar-refractivity contribution in [1.29, 1.82) is 0 Å². The zero-order valence-electron chi connectivity index (χ0n) is 22.5. The molecule has 0 aliphatic rings. The van der Waals surface area contributed by atoms with E-state index in [4.69, 9.17) is 4.98 Å². The van der Waals surface area contributed by atoms with Gasteiger partial charge in [-0.2, -0.15) is 0 Å². The highest BCUT2D eigenvalue weighted by molar-refractivity contribution is 6.28. The number of fused-ring (bicyclic) bond motifs is 6. The smallest absolute Gasteiger partial charge is 0.125 e. The zero-order valence-corrected chi connectivity index (χ0v) is 22.5. The molecule has 42 heavy (non-hydrogen) atoms. The fraction of sp³-hybridized carbons (Fsp3) is 0. The van der Waals surface area contributed by atoms with Gasteiger partial charge in [0, 0.05) is 18.0 Å². The summed E-state index contributed by atoms with van der Waals surface area (Å²) >= 11 is 0. The maximum absolute atomic E-state index is 4.71. The van der Waals surface area contributed by atoms with Crippen LogP contribution in [0.25, 0.3) is 77.3 Å². The lowest BCUT2D eigenvalue weighted by Gasteiger charge is -2.18. The van der Waals surface area contributed by atoms with Crippen LogP contribution in [0, 0.1) is 0 Å². The summed E-state index contributed by atoms with van der Waals surface area (Å²) in [6.07, 6.45) is 3.55. The van der Waals surface area contributed by atoms with Gasteiger partial charge < -0.3 is 0 Å². The summed E-state index contributed by atoms with van der Waals surface area (Å²) in [6, 6.07) is 43.9. The van der Waals surface area contributed by atoms with Crippen molar-refractivity contribution >= 4 is 32.3 Å².